The average Bonchev–Trinajstić information content (AvgIpc) is 3.22. The van der Waals surface area contributed by atoms with Gasteiger partial charge in [0, 0.05) is 39.0 Å². The SMILES string of the molecule is CCN1C[C@@H](CN(C)C(=O)c2cn(Cc3ccccc3C)nn2)CC1=O. The van der Waals surface area contributed by atoms with E-state index in [1.807, 2.05) is 30.0 Å². The highest BCUT2D eigenvalue weighted by Gasteiger charge is 2.30. The fourth-order valence-electron chi connectivity index (χ4n) is 3.38. The lowest BCUT2D eigenvalue weighted by Gasteiger charge is -2.20. The molecule has 1 aliphatic rings. The first-order chi connectivity index (χ1) is 12.5. The number of amides is 2. The minimum Gasteiger partial charge on any atom is -0.343 e. The van der Waals surface area contributed by atoms with Crippen LogP contribution in [0.5, 0.6) is 0 Å². The minimum atomic E-state index is -0.163. The van der Waals surface area contributed by atoms with E-state index in [-0.39, 0.29) is 17.7 Å². The summed E-state index contributed by atoms with van der Waals surface area (Å²) in [7, 11) is 1.75. The molecule has 138 valence electrons. The van der Waals surface area contributed by atoms with Gasteiger partial charge in [-0.3, -0.25) is 9.59 Å². The summed E-state index contributed by atoms with van der Waals surface area (Å²) >= 11 is 0. The molecule has 2 heterocycles. The van der Waals surface area contributed by atoms with Gasteiger partial charge in [-0.2, -0.15) is 0 Å². The Kier molecular flexibility index (Phi) is 5.35. The third-order valence-corrected chi connectivity index (χ3v) is 4.91. The lowest BCUT2D eigenvalue weighted by atomic mass is 10.1. The first-order valence-corrected chi connectivity index (χ1v) is 8.95. The standard InChI is InChI=1S/C19H25N5O2/c1-4-23-11-15(9-18(23)25)10-22(3)19(26)17-13-24(21-20-17)12-16-8-6-5-7-14(16)2/h5-8,13,15H,4,9-12H2,1-3H3/t15-/m1/s1. The minimum absolute atomic E-state index is 0.163. The highest BCUT2D eigenvalue weighted by Crippen LogP contribution is 2.18. The lowest BCUT2D eigenvalue weighted by Crippen LogP contribution is -2.33. The molecule has 1 fully saturated rings. The number of hydrogen-bond donors (Lipinski definition) is 0. The molecule has 1 aliphatic heterocycles. The summed E-state index contributed by atoms with van der Waals surface area (Å²) in [6.07, 6.45) is 2.19. The Bertz CT molecular complexity index is 801. The molecule has 0 aliphatic carbocycles. The van der Waals surface area contributed by atoms with Gasteiger partial charge < -0.3 is 9.80 Å². The van der Waals surface area contributed by atoms with Crippen molar-refractivity contribution in [3.8, 4) is 0 Å². The molecule has 0 unspecified atom stereocenters. The zero-order valence-corrected chi connectivity index (χ0v) is 15.6. The number of likely N-dealkylation sites (tertiary alicyclic amines) is 1. The number of hydrogen-bond acceptors (Lipinski definition) is 4. The van der Waals surface area contributed by atoms with Crippen LogP contribution >= 0.6 is 0 Å². The number of rotatable bonds is 6. The molecule has 2 aromatic rings. The van der Waals surface area contributed by atoms with Crippen molar-refractivity contribution in [3.05, 3.63) is 47.3 Å². The quantitative estimate of drug-likeness (QED) is 0.789. The second kappa shape index (κ2) is 7.68. The molecule has 2 amide bonds. The molecule has 0 bridgehead atoms. The maximum atomic E-state index is 12.6. The highest BCUT2D eigenvalue weighted by molar-refractivity contribution is 5.91. The van der Waals surface area contributed by atoms with E-state index >= 15 is 0 Å². The third kappa shape index (κ3) is 3.92. The molecule has 0 radical (unpaired) electrons. The zero-order chi connectivity index (χ0) is 18.7. The van der Waals surface area contributed by atoms with Gasteiger partial charge in [0.2, 0.25) is 5.91 Å². The average molecular weight is 355 g/mol. The van der Waals surface area contributed by atoms with E-state index in [1.165, 1.54) is 5.56 Å². The van der Waals surface area contributed by atoms with E-state index in [9.17, 15) is 9.59 Å². The van der Waals surface area contributed by atoms with E-state index in [0.717, 1.165) is 12.1 Å². The van der Waals surface area contributed by atoms with Gasteiger partial charge in [0.15, 0.2) is 5.69 Å². The highest BCUT2D eigenvalue weighted by atomic mass is 16.2. The molecule has 7 nitrogen and oxygen atoms in total. The fraction of sp³-hybridized carbons (Fsp3) is 0.474. The van der Waals surface area contributed by atoms with Crippen LogP contribution in [0.1, 0.15) is 35.0 Å². The summed E-state index contributed by atoms with van der Waals surface area (Å²) in [4.78, 5) is 27.9. The smallest absolute Gasteiger partial charge is 0.275 e. The molecule has 3 rings (SSSR count). The summed E-state index contributed by atoms with van der Waals surface area (Å²) in [6.45, 7) is 6.59. The topological polar surface area (TPSA) is 71.3 Å². The fourth-order valence-corrected chi connectivity index (χ4v) is 3.38. The van der Waals surface area contributed by atoms with Crippen molar-refractivity contribution < 1.29 is 9.59 Å². The van der Waals surface area contributed by atoms with Crippen molar-refractivity contribution in [2.45, 2.75) is 26.8 Å². The molecule has 1 atom stereocenters. The van der Waals surface area contributed by atoms with E-state index in [2.05, 4.69) is 23.3 Å². The summed E-state index contributed by atoms with van der Waals surface area (Å²) in [5.41, 5.74) is 2.66. The number of aromatic nitrogens is 3. The van der Waals surface area contributed by atoms with Gasteiger partial charge in [0.05, 0.1) is 12.7 Å². The molecular formula is C19H25N5O2. The molecule has 1 aromatic carbocycles. The third-order valence-electron chi connectivity index (χ3n) is 4.91. The number of nitrogens with zero attached hydrogens (tertiary/aromatic N) is 5. The van der Waals surface area contributed by atoms with Crippen LogP contribution in [0, 0.1) is 12.8 Å². The lowest BCUT2D eigenvalue weighted by molar-refractivity contribution is -0.127. The molecule has 0 spiro atoms. The van der Waals surface area contributed by atoms with Crippen LogP contribution in [-0.2, 0) is 11.3 Å². The first kappa shape index (κ1) is 18.1. The number of carbonyl (C=O) groups excluding carboxylic acids is 2. The van der Waals surface area contributed by atoms with Crippen molar-refractivity contribution in [2.75, 3.05) is 26.7 Å². The van der Waals surface area contributed by atoms with Crippen LogP contribution in [0.4, 0.5) is 0 Å². The van der Waals surface area contributed by atoms with Crippen molar-refractivity contribution in [2.24, 2.45) is 5.92 Å². The molecule has 26 heavy (non-hydrogen) atoms. The predicted molar refractivity (Wildman–Crippen MR) is 97.6 cm³/mol. The summed E-state index contributed by atoms with van der Waals surface area (Å²) < 4.78 is 1.68. The van der Waals surface area contributed by atoms with Gasteiger partial charge in [0.25, 0.3) is 5.91 Å². The Labute approximate surface area is 153 Å². The van der Waals surface area contributed by atoms with Gasteiger partial charge in [-0.15, -0.1) is 5.10 Å². The molecule has 0 saturated carbocycles. The van der Waals surface area contributed by atoms with Gasteiger partial charge in [0.1, 0.15) is 0 Å². The monoisotopic (exact) mass is 355 g/mol. The maximum absolute atomic E-state index is 12.6. The van der Waals surface area contributed by atoms with E-state index < -0.39 is 0 Å². The molecular weight excluding hydrogens is 330 g/mol. The van der Waals surface area contributed by atoms with Gasteiger partial charge in [-0.25, -0.2) is 4.68 Å². The Morgan fingerprint density at radius 1 is 1.35 bits per heavy atom. The van der Waals surface area contributed by atoms with Gasteiger partial charge >= 0.3 is 0 Å². The van der Waals surface area contributed by atoms with Gasteiger partial charge in [-0.05, 0) is 25.0 Å². The van der Waals surface area contributed by atoms with E-state index in [1.54, 1.807) is 22.8 Å². The Morgan fingerprint density at radius 3 is 2.81 bits per heavy atom. The van der Waals surface area contributed by atoms with Crippen LogP contribution in [0.15, 0.2) is 30.5 Å². The number of carbonyl (C=O) groups is 2. The van der Waals surface area contributed by atoms with E-state index in [0.29, 0.717) is 31.7 Å². The van der Waals surface area contributed by atoms with Crippen molar-refractivity contribution in [3.63, 3.8) is 0 Å². The molecule has 1 saturated heterocycles. The summed E-state index contributed by atoms with van der Waals surface area (Å²) in [5.74, 6) is 0.185. The summed E-state index contributed by atoms with van der Waals surface area (Å²) in [5, 5.41) is 8.11. The first-order valence-electron chi connectivity index (χ1n) is 8.95. The van der Waals surface area contributed by atoms with Crippen LogP contribution in [-0.4, -0.2) is 63.3 Å². The second-order valence-corrected chi connectivity index (χ2v) is 6.92. The maximum Gasteiger partial charge on any atom is 0.275 e. The zero-order valence-electron chi connectivity index (χ0n) is 15.6. The van der Waals surface area contributed by atoms with Crippen molar-refractivity contribution in [1.29, 1.82) is 0 Å². The largest absolute Gasteiger partial charge is 0.343 e. The Balaban J connectivity index is 1.61. The van der Waals surface area contributed by atoms with E-state index in [4.69, 9.17) is 0 Å². The normalized spacial score (nSPS) is 17.0. The van der Waals surface area contributed by atoms with Crippen LogP contribution in [0.3, 0.4) is 0 Å². The predicted octanol–water partition coefficient (Wildman–Crippen LogP) is 1.58. The Morgan fingerprint density at radius 2 is 2.12 bits per heavy atom. The van der Waals surface area contributed by atoms with Crippen molar-refractivity contribution >= 4 is 11.8 Å². The van der Waals surface area contributed by atoms with Crippen LogP contribution < -0.4 is 0 Å². The van der Waals surface area contributed by atoms with Crippen LogP contribution in [0.2, 0.25) is 0 Å². The number of benzene rings is 1. The van der Waals surface area contributed by atoms with Gasteiger partial charge in [-0.1, -0.05) is 29.5 Å². The van der Waals surface area contributed by atoms with Crippen LogP contribution in [0.25, 0.3) is 0 Å². The second-order valence-electron chi connectivity index (χ2n) is 6.92. The molecule has 1 aromatic heterocycles. The Hall–Kier alpha value is -2.70. The van der Waals surface area contributed by atoms with Crippen molar-refractivity contribution in [1.82, 2.24) is 24.8 Å². The molecule has 0 N–H and O–H groups in total. The molecule has 7 heteroatoms. The summed E-state index contributed by atoms with van der Waals surface area (Å²) in [6, 6.07) is 8.08. The number of aryl methyl sites for hydroxylation is 1.